The smallest absolute Gasteiger partial charge is 0.168 e. The molecule has 12 aromatic rings. The number of nitrogens with zero attached hydrogens (tertiary/aromatic N) is 9. The fraction of sp³-hybridized carbons (Fsp3) is 0.200. The largest absolute Gasteiger partial charge is 0.275 e. The minimum atomic E-state index is -1.56. The van der Waals surface area contributed by atoms with Gasteiger partial charge in [0, 0.05) is 70.5 Å². The summed E-state index contributed by atoms with van der Waals surface area (Å²) < 4.78 is 6.65. The van der Waals surface area contributed by atoms with Gasteiger partial charge in [0.05, 0.1) is 24.2 Å². The molecule has 88 heavy (non-hydrogen) atoms. The van der Waals surface area contributed by atoms with Crippen molar-refractivity contribution >= 4 is 39.8 Å². The Kier molecular flexibility index (Phi) is 19.7. The van der Waals surface area contributed by atoms with E-state index in [0.29, 0.717) is 0 Å². The van der Waals surface area contributed by atoms with Crippen molar-refractivity contribution in [1.29, 1.82) is 0 Å². The molecule has 12 rings (SSSR count). The van der Waals surface area contributed by atoms with Gasteiger partial charge in [-0.15, -0.1) is 30.6 Å². The standard InChI is InChI=1S/3C25H27N3Si.Ir/c3*1-18-15-19(2)17-21(16-18)28-24(20-11-7-6-8-12-20)26-27-25(28)22-13-9-10-14-23(22)29(3,4)5;/h3*6-17H,1-5H3;. The Morgan fingerprint density at radius 3 is 0.648 bits per heavy atom. The van der Waals surface area contributed by atoms with E-state index in [1.807, 2.05) is 54.6 Å². The molecule has 0 atom stereocenters. The zero-order valence-electron chi connectivity index (χ0n) is 53.6. The molecule has 0 saturated heterocycles. The van der Waals surface area contributed by atoms with E-state index in [0.717, 1.165) is 68.7 Å². The first-order chi connectivity index (χ1) is 41.5. The normalized spacial score (nSPS) is 11.5. The van der Waals surface area contributed by atoms with Crippen molar-refractivity contribution in [3.05, 3.63) is 252 Å². The third kappa shape index (κ3) is 14.5. The van der Waals surface area contributed by atoms with Gasteiger partial charge in [-0.25, -0.2) is 0 Å². The van der Waals surface area contributed by atoms with E-state index < -0.39 is 24.2 Å². The van der Waals surface area contributed by atoms with E-state index in [2.05, 4.69) is 293 Å². The number of benzene rings is 9. The van der Waals surface area contributed by atoms with Gasteiger partial charge in [-0.05, 0) is 127 Å². The second-order valence-electron chi connectivity index (χ2n) is 26.1. The average Bonchev–Trinajstić information content (AvgIpc) is 1.68. The van der Waals surface area contributed by atoms with Crippen molar-refractivity contribution in [2.24, 2.45) is 0 Å². The minimum absolute atomic E-state index is 0. The van der Waals surface area contributed by atoms with E-state index in [1.165, 1.54) is 65.6 Å². The Morgan fingerprint density at radius 2 is 0.432 bits per heavy atom. The number of aryl methyl sites for hydroxylation is 6. The van der Waals surface area contributed by atoms with Crippen LogP contribution in [0.25, 0.3) is 85.4 Å². The minimum Gasteiger partial charge on any atom is -0.275 e. The molecule has 0 aliphatic carbocycles. The van der Waals surface area contributed by atoms with Crippen LogP contribution in [0.1, 0.15) is 33.4 Å². The van der Waals surface area contributed by atoms with Gasteiger partial charge in [-0.1, -0.05) is 241 Å². The van der Waals surface area contributed by atoms with Crippen molar-refractivity contribution in [2.45, 2.75) is 100 Å². The number of hydrogen-bond acceptors (Lipinski definition) is 6. The summed E-state index contributed by atoms with van der Waals surface area (Å²) in [5, 5.41) is 32.3. The van der Waals surface area contributed by atoms with Gasteiger partial charge in [0.15, 0.2) is 34.9 Å². The van der Waals surface area contributed by atoms with E-state index in [9.17, 15) is 0 Å². The molecule has 3 heterocycles. The van der Waals surface area contributed by atoms with Gasteiger partial charge >= 0.3 is 0 Å². The summed E-state index contributed by atoms with van der Waals surface area (Å²) in [7, 11) is -4.67. The second kappa shape index (κ2) is 27.0. The predicted octanol–water partition coefficient (Wildman–Crippen LogP) is 17.3. The number of hydrogen-bond donors (Lipinski definition) is 0. The van der Waals surface area contributed by atoms with E-state index in [-0.39, 0.29) is 20.1 Å². The second-order valence-corrected chi connectivity index (χ2v) is 41.2. The van der Waals surface area contributed by atoms with Crippen LogP contribution in [0.5, 0.6) is 0 Å². The molecule has 1 radical (unpaired) electrons. The van der Waals surface area contributed by atoms with Gasteiger partial charge in [-0.3, -0.25) is 13.7 Å². The van der Waals surface area contributed by atoms with Gasteiger partial charge in [-0.2, -0.15) is 0 Å². The molecule has 13 heteroatoms. The van der Waals surface area contributed by atoms with Crippen LogP contribution in [0.15, 0.2) is 218 Å². The molecule has 0 fully saturated rings. The Bertz CT molecular complexity index is 3850. The summed E-state index contributed by atoms with van der Waals surface area (Å²) in [6.45, 7) is 34.2. The maximum absolute atomic E-state index is 4.71. The topological polar surface area (TPSA) is 92.1 Å². The monoisotopic (exact) mass is 1380 g/mol. The van der Waals surface area contributed by atoms with Crippen LogP contribution in [-0.2, 0) is 20.1 Å². The summed E-state index contributed by atoms with van der Waals surface area (Å²) in [5.74, 6) is 5.34. The summed E-state index contributed by atoms with van der Waals surface area (Å²) in [6, 6.07) is 76.8. The van der Waals surface area contributed by atoms with Crippen LogP contribution >= 0.6 is 0 Å². The zero-order valence-corrected chi connectivity index (χ0v) is 59.0. The maximum atomic E-state index is 4.71. The summed E-state index contributed by atoms with van der Waals surface area (Å²) in [4.78, 5) is 0. The molecule has 0 aliphatic heterocycles. The van der Waals surface area contributed by atoms with Gasteiger partial charge in [0.2, 0.25) is 0 Å². The Hall–Kier alpha value is -8.30. The van der Waals surface area contributed by atoms with Crippen LogP contribution in [0.3, 0.4) is 0 Å². The number of aromatic nitrogens is 9. The maximum Gasteiger partial charge on any atom is 0.168 e. The van der Waals surface area contributed by atoms with Crippen molar-refractivity contribution in [3.63, 3.8) is 0 Å². The Labute approximate surface area is 538 Å². The Balaban J connectivity index is 0.000000156. The van der Waals surface area contributed by atoms with Gasteiger partial charge in [0.25, 0.3) is 0 Å². The molecule has 9 nitrogen and oxygen atoms in total. The fourth-order valence-corrected chi connectivity index (χ4v) is 16.5. The molecule has 0 aliphatic rings. The van der Waals surface area contributed by atoms with Crippen LogP contribution in [0.4, 0.5) is 0 Å². The first-order valence-electron chi connectivity index (χ1n) is 30.1. The molecule has 0 unspecified atom stereocenters. The molecule has 0 N–H and O–H groups in total. The molecule has 3 aromatic heterocycles. The molecule has 0 saturated carbocycles. The van der Waals surface area contributed by atoms with Crippen molar-refractivity contribution in [3.8, 4) is 85.4 Å². The summed E-state index contributed by atoms with van der Waals surface area (Å²) in [5.41, 5.74) is 17.5. The van der Waals surface area contributed by atoms with Crippen molar-refractivity contribution < 1.29 is 20.1 Å². The van der Waals surface area contributed by atoms with Crippen LogP contribution in [0, 0.1) is 41.5 Å². The van der Waals surface area contributed by atoms with Crippen LogP contribution < -0.4 is 15.6 Å². The molecular weight excluding hydrogens is 1300 g/mol. The van der Waals surface area contributed by atoms with Crippen molar-refractivity contribution in [2.75, 3.05) is 0 Å². The molecule has 0 spiro atoms. The van der Waals surface area contributed by atoms with Gasteiger partial charge in [0.1, 0.15) is 0 Å². The van der Waals surface area contributed by atoms with Gasteiger partial charge < -0.3 is 0 Å². The first-order valence-corrected chi connectivity index (χ1v) is 40.6. The molecule has 0 bridgehead atoms. The summed E-state index contributed by atoms with van der Waals surface area (Å²) >= 11 is 0. The Morgan fingerprint density at radius 1 is 0.239 bits per heavy atom. The fourth-order valence-electron chi connectivity index (χ4n) is 11.7. The van der Waals surface area contributed by atoms with Crippen LogP contribution in [-0.4, -0.2) is 68.5 Å². The molecular formula is C75H81IrN9Si3. The van der Waals surface area contributed by atoms with E-state index in [1.54, 1.807) is 0 Å². The third-order valence-corrected chi connectivity index (χ3v) is 21.6. The zero-order chi connectivity index (χ0) is 61.8. The molecule has 0 amide bonds. The molecule has 9 aromatic carbocycles. The summed E-state index contributed by atoms with van der Waals surface area (Å²) in [6.07, 6.45) is 0. The quantitative estimate of drug-likeness (QED) is 0.113. The SMILES string of the molecule is Cc1cc(C)cc(-n2c(-c3ccccc3)nnc2-c2ccccc2[Si](C)(C)C)c1.Cc1cc(C)cc(-n2c(-c3ccccc3)nnc2-c2ccccc2[Si](C)(C)C)c1.Cc1cc(C)cc(-n2c(-c3ccccc3)nnc2-c2ccccc2[Si](C)(C)C)c1.[Ir]. The third-order valence-electron chi connectivity index (χ3n) is 15.4. The van der Waals surface area contributed by atoms with Crippen LogP contribution in [0.2, 0.25) is 58.9 Å². The predicted molar refractivity (Wildman–Crippen MR) is 374 cm³/mol. The number of rotatable bonds is 12. The van der Waals surface area contributed by atoms with E-state index in [4.69, 9.17) is 15.3 Å². The average molecular weight is 1390 g/mol. The first kappa shape index (κ1) is 64.2. The van der Waals surface area contributed by atoms with Crippen molar-refractivity contribution in [1.82, 2.24) is 44.3 Å². The molecule has 447 valence electrons. The van der Waals surface area contributed by atoms with E-state index >= 15 is 0 Å².